The van der Waals surface area contributed by atoms with Crippen molar-refractivity contribution < 1.29 is 28.4 Å². The Balaban J connectivity index is 1.81. The zero-order valence-corrected chi connectivity index (χ0v) is 17.4. The molecule has 2 aliphatic rings. The molecule has 0 aromatic carbocycles. The lowest BCUT2D eigenvalue weighted by atomic mass is 9.78. The van der Waals surface area contributed by atoms with Crippen molar-refractivity contribution >= 4 is 23.3 Å². The first kappa shape index (κ1) is 23.1. The van der Waals surface area contributed by atoms with Crippen LogP contribution in [0.25, 0.3) is 0 Å². The third kappa shape index (κ3) is 4.83. The van der Waals surface area contributed by atoms with E-state index in [0.717, 1.165) is 4.31 Å². The number of aliphatic carboxylic acids is 1. The molecule has 2 fully saturated rings. The van der Waals surface area contributed by atoms with Gasteiger partial charge in [0, 0.05) is 38.3 Å². The molecule has 0 radical (unpaired) electrons. The van der Waals surface area contributed by atoms with Gasteiger partial charge in [-0.3, -0.25) is 9.78 Å². The molecule has 0 spiro atoms. The van der Waals surface area contributed by atoms with Gasteiger partial charge in [0.05, 0.1) is 18.3 Å². The number of rotatable bonds is 10. The molecular weight excluding hydrogens is 413 g/mol. The monoisotopic (exact) mass is 441 g/mol. The molecule has 1 aromatic heterocycles. The van der Waals surface area contributed by atoms with Gasteiger partial charge in [0.1, 0.15) is 5.54 Å². The molecule has 166 valence electrons. The number of aromatic nitrogens is 1. The first-order valence-electron chi connectivity index (χ1n) is 9.90. The number of hydrogen-bond acceptors (Lipinski definition) is 8. The predicted octanol–water partition coefficient (Wildman–Crippen LogP) is -1.93. The quantitative estimate of drug-likeness (QED) is 0.260. The second-order valence-electron chi connectivity index (χ2n) is 7.93. The second-order valence-corrected chi connectivity index (χ2v) is 9.81. The van der Waals surface area contributed by atoms with Crippen LogP contribution in [0.3, 0.4) is 0 Å². The van der Waals surface area contributed by atoms with E-state index >= 15 is 0 Å². The number of nitrogens with two attached hydrogens (primary N) is 1. The molecule has 0 aliphatic carbocycles. The average Bonchev–Trinajstić information content (AvgIpc) is 2.99. The van der Waals surface area contributed by atoms with Gasteiger partial charge in [-0.2, -0.15) is 17.0 Å². The number of carboxylic acids is 1. The van der Waals surface area contributed by atoms with E-state index in [-0.39, 0.29) is 38.4 Å². The third-order valence-electron chi connectivity index (χ3n) is 5.84. The molecular formula is C17H28BN5O6S. The largest absolute Gasteiger partial charge is 0.480 e. The van der Waals surface area contributed by atoms with Crippen LogP contribution in [0.15, 0.2) is 24.4 Å². The van der Waals surface area contributed by atoms with Crippen LogP contribution in [-0.2, 0) is 21.5 Å². The molecule has 3 rings (SSSR count). The molecule has 3 heterocycles. The van der Waals surface area contributed by atoms with Gasteiger partial charge in [0.25, 0.3) is 10.2 Å². The van der Waals surface area contributed by atoms with Gasteiger partial charge in [-0.25, -0.2) is 0 Å². The molecule has 0 bridgehead atoms. The first-order valence-corrected chi connectivity index (χ1v) is 11.3. The molecule has 1 aromatic rings. The van der Waals surface area contributed by atoms with E-state index in [1.54, 1.807) is 24.4 Å². The fraction of sp³-hybridized carbons (Fsp3) is 0.647. The van der Waals surface area contributed by atoms with E-state index in [2.05, 4.69) is 10.3 Å². The highest BCUT2D eigenvalue weighted by Crippen LogP contribution is 2.34. The zero-order valence-electron chi connectivity index (χ0n) is 16.6. The fourth-order valence-corrected chi connectivity index (χ4v) is 5.75. The summed E-state index contributed by atoms with van der Waals surface area (Å²) in [7, 11) is -5.49. The van der Waals surface area contributed by atoms with Gasteiger partial charge >= 0.3 is 13.1 Å². The van der Waals surface area contributed by atoms with Crippen molar-refractivity contribution in [3.05, 3.63) is 30.1 Å². The molecule has 13 heteroatoms. The Morgan fingerprint density at radius 2 is 2.13 bits per heavy atom. The van der Waals surface area contributed by atoms with E-state index in [1.165, 1.54) is 4.31 Å². The smallest absolute Gasteiger partial charge is 0.451 e. The SMILES string of the molecule is N[C@@]1(C(=O)O)CN(S(=O)(=O)N(Cc2ccccn2)C2CNC2)C[C@@H]1CCCB(O)O. The summed E-state index contributed by atoms with van der Waals surface area (Å²) in [4.78, 5) is 16.1. The van der Waals surface area contributed by atoms with Crippen molar-refractivity contribution in [1.82, 2.24) is 18.9 Å². The molecule has 0 amide bonds. The number of carbonyl (C=O) groups is 1. The minimum atomic E-state index is -3.99. The Morgan fingerprint density at radius 1 is 1.40 bits per heavy atom. The Morgan fingerprint density at radius 3 is 2.67 bits per heavy atom. The van der Waals surface area contributed by atoms with Gasteiger partial charge in [-0.1, -0.05) is 12.5 Å². The van der Waals surface area contributed by atoms with Crippen LogP contribution in [0.4, 0.5) is 0 Å². The highest BCUT2D eigenvalue weighted by Gasteiger charge is 2.54. The van der Waals surface area contributed by atoms with Gasteiger partial charge in [-0.15, -0.1) is 0 Å². The molecule has 30 heavy (non-hydrogen) atoms. The van der Waals surface area contributed by atoms with Crippen LogP contribution in [0.5, 0.6) is 0 Å². The number of nitrogens with zero attached hydrogens (tertiary/aromatic N) is 3. The maximum absolute atomic E-state index is 13.5. The van der Waals surface area contributed by atoms with Crippen LogP contribution in [0.1, 0.15) is 18.5 Å². The standard InChI is InChI=1S/C17H28BN5O6S/c19-17(16(24)25)12-22(10-13(17)4-3-6-18(26)27)30(28,29)23(15-8-20-9-15)11-14-5-1-2-7-21-14/h1-2,5,7,13,15,20,26-27H,3-4,6,8-12,19H2,(H,24,25)/t13-,17-/m0/s1. The summed E-state index contributed by atoms with van der Waals surface area (Å²) in [6, 6.07) is 5.02. The summed E-state index contributed by atoms with van der Waals surface area (Å²) in [5.41, 5.74) is 5.01. The number of nitrogens with one attached hydrogen (secondary N) is 1. The van der Waals surface area contributed by atoms with Gasteiger partial charge in [-0.05, 0) is 24.9 Å². The maximum atomic E-state index is 13.5. The van der Waals surface area contributed by atoms with E-state index in [1.807, 2.05) is 0 Å². The lowest BCUT2D eigenvalue weighted by molar-refractivity contribution is -0.144. The lowest BCUT2D eigenvalue weighted by Gasteiger charge is -2.39. The molecule has 2 atom stereocenters. The van der Waals surface area contributed by atoms with Crippen LogP contribution in [-0.4, -0.2) is 88.0 Å². The van der Waals surface area contributed by atoms with E-state index in [4.69, 9.17) is 15.8 Å². The van der Waals surface area contributed by atoms with Crippen molar-refractivity contribution in [3.8, 4) is 0 Å². The highest BCUT2D eigenvalue weighted by molar-refractivity contribution is 7.86. The predicted molar refractivity (Wildman–Crippen MR) is 109 cm³/mol. The van der Waals surface area contributed by atoms with E-state index in [0.29, 0.717) is 25.2 Å². The third-order valence-corrected chi connectivity index (χ3v) is 7.79. The zero-order chi connectivity index (χ0) is 21.9. The Kier molecular flexibility index (Phi) is 7.12. The molecule has 11 nitrogen and oxygen atoms in total. The number of hydrogen-bond donors (Lipinski definition) is 5. The molecule has 6 N–H and O–H groups in total. The summed E-state index contributed by atoms with van der Waals surface area (Å²) >= 11 is 0. The second kappa shape index (κ2) is 9.26. The normalized spacial score (nSPS) is 25.4. The highest BCUT2D eigenvalue weighted by atomic mass is 32.2. The van der Waals surface area contributed by atoms with Crippen LogP contribution >= 0.6 is 0 Å². The Hall–Kier alpha value is -1.61. The van der Waals surface area contributed by atoms with Gasteiger partial charge < -0.3 is 26.2 Å². The van der Waals surface area contributed by atoms with E-state index < -0.39 is 34.8 Å². The lowest BCUT2D eigenvalue weighted by Crippen LogP contribution is -2.61. The van der Waals surface area contributed by atoms with Crippen LogP contribution < -0.4 is 11.1 Å². The summed E-state index contributed by atoms with van der Waals surface area (Å²) < 4.78 is 29.5. The van der Waals surface area contributed by atoms with Crippen molar-refractivity contribution in [1.29, 1.82) is 0 Å². The van der Waals surface area contributed by atoms with Crippen molar-refractivity contribution in [2.45, 2.75) is 37.3 Å². The topological polar surface area (TPSA) is 169 Å². The Bertz CT molecular complexity index is 840. The van der Waals surface area contributed by atoms with Crippen molar-refractivity contribution in [2.75, 3.05) is 26.2 Å². The summed E-state index contributed by atoms with van der Waals surface area (Å²) in [6.07, 6.45) is 2.26. The fourth-order valence-electron chi connectivity index (χ4n) is 3.88. The maximum Gasteiger partial charge on any atom is 0.451 e. The van der Waals surface area contributed by atoms with Crippen molar-refractivity contribution in [3.63, 3.8) is 0 Å². The van der Waals surface area contributed by atoms with E-state index in [9.17, 15) is 18.3 Å². The van der Waals surface area contributed by atoms with Crippen LogP contribution in [0.2, 0.25) is 6.32 Å². The van der Waals surface area contributed by atoms with Crippen molar-refractivity contribution in [2.24, 2.45) is 11.7 Å². The first-order chi connectivity index (χ1) is 14.1. The number of pyridine rings is 1. The van der Waals surface area contributed by atoms with Gasteiger partial charge in [0.15, 0.2) is 0 Å². The summed E-state index contributed by atoms with van der Waals surface area (Å²) in [6.45, 7) is 0.717. The minimum Gasteiger partial charge on any atom is -0.480 e. The molecule has 0 saturated carbocycles. The molecule has 2 saturated heterocycles. The number of carboxylic acid groups (broad SMARTS) is 1. The van der Waals surface area contributed by atoms with Crippen LogP contribution in [0, 0.1) is 5.92 Å². The molecule has 2 aliphatic heterocycles. The average molecular weight is 441 g/mol. The minimum absolute atomic E-state index is 0.0362. The molecule has 0 unspecified atom stereocenters. The Labute approximate surface area is 176 Å². The van der Waals surface area contributed by atoms with Gasteiger partial charge in [0.2, 0.25) is 0 Å². The summed E-state index contributed by atoms with van der Waals surface area (Å²) in [5.74, 6) is -1.91. The summed E-state index contributed by atoms with van der Waals surface area (Å²) in [5, 5.41) is 30.8.